The van der Waals surface area contributed by atoms with E-state index in [1.807, 2.05) is 69.0 Å². The van der Waals surface area contributed by atoms with E-state index < -0.39 is 79.3 Å². The van der Waals surface area contributed by atoms with Crippen LogP contribution in [0.15, 0.2) is 208 Å². The number of fused-ring (bicyclic) bond motifs is 6. The van der Waals surface area contributed by atoms with Crippen molar-refractivity contribution in [1.82, 2.24) is 0 Å². The van der Waals surface area contributed by atoms with Gasteiger partial charge in [0, 0.05) is 59.6 Å². The first-order chi connectivity index (χ1) is 52.7. The van der Waals surface area contributed by atoms with Crippen LogP contribution in [-0.2, 0) is 68.2 Å². The van der Waals surface area contributed by atoms with Gasteiger partial charge in [-0.05, 0) is 148 Å². The molecule has 6 aromatic carbocycles. The van der Waals surface area contributed by atoms with Crippen molar-refractivity contribution in [1.29, 1.82) is 0 Å². The number of rotatable bonds is 22. The SMILES string of the molecule is C=C.C=C.C=C.CCC(=C\c1oc2cc(C)c(Cl)cc2[n+]1CS(=O)(=O)[O-])/C=C1/Oc2ccc(Cl)cc2N1CS(=O)(=O)O.CCC(=C\c1oc2ccc(Cl)cc2[n+]1CS(=O)(=O)[O-])/C=C1/Oc2ccc(C)cc2N1CC(C)S(=O)(=O)O.CCN1C(=CC(C)=Cc2oc3ccc(OC)cc3[n+]2CS(=O)(=O)[O-])Oc2ccc(OC)cc21. The van der Waals surface area contributed by atoms with Crippen molar-refractivity contribution < 1.29 is 115 Å². The lowest BCUT2D eigenvalue weighted by atomic mass is 10.1. The third-order valence-electron chi connectivity index (χ3n) is 16.3. The van der Waals surface area contributed by atoms with Crippen LogP contribution in [0.2, 0.25) is 15.1 Å². The highest BCUT2D eigenvalue weighted by Gasteiger charge is 2.35. The number of benzene rings is 6. The number of ether oxygens (including phenoxy) is 5. The number of halogens is 3. The quantitative estimate of drug-likeness (QED) is 0.0361. The summed E-state index contributed by atoms with van der Waals surface area (Å²) in [6.45, 7) is 31.1. The largest absolute Gasteiger partial charge is 0.743 e. The van der Waals surface area contributed by atoms with Crippen LogP contribution in [0.3, 0.4) is 0 Å². The van der Waals surface area contributed by atoms with Crippen molar-refractivity contribution in [3.8, 4) is 28.7 Å². The van der Waals surface area contributed by atoms with E-state index in [2.05, 4.69) is 39.5 Å². The molecule has 37 heteroatoms. The Hall–Kier alpha value is -9.79. The first-order valence-corrected chi connectivity index (χ1v) is 42.3. The van der Waals surface area contributed by atoms with E-state index in [9.17, 15) is 64.9 Å². The van der Waals surface area contributed by atoms with Gasteiger partial charge in [-0.15, -0.1) is 53.2 Å². The molecule has 0 saturated carbocycles. The summed E-state index contributed by atoms with van der Waals surface area (Å²) in [5.74, 6) is 0.840. The number of hydrogen-bond donors (Lipinski definition) is 2. The molecule has 3 aromatic heterocycles. The summed E-state index contributed by atoms with van der Waals surface area (Å²) >= 11 is 18.3. The van der Waals surface area contributed by atoms with Crippen LogP contribution in [0.1, 0.15) is 76.3 Å². The Labute approximate surface area is 664 Å². The summed E-state index contributed by atoms with van der Waals surface area (Å²) in [6, 6.07) is 28.4. The van der Waals surface area contributed by atoms with E-state index in [1.165, 1.54) is 63.0 Å². The van der Waals surface area contributed by atoms with E-state index in [1.54, 1.807) is 98.7 Å². The molecule has 12 rings (SSSR count). The molecule has 0 fully saturated rings. The molecule has 0 bridgehead atoms. The Balaban J connectivity index is 0.000000226. The van der Waals surface area contributed by atoms with Gasteiger partial charge in [-0.3, -0.25) is 14.0 Å². The second-order valence-corrected chi connectivity index (χ2v) is 32.9. The van der Waals surface area contributed by atoms with Crippen LogP contribution < -0.4 is 52.1 Å². The van der Waals surface area contributed by atoms with E-state index >= 15 is 0 Å². The number of methoxy groups -OCH3 is 2. The Morgan fingerprint density at radius 3 is 1.42 bits per heavy atom. The minimum atomic E-state index is -4.69. The lowest BCUT2D eigenvalue weighted by molar-refractivity contribution is -0.658. The van der Waals surface area contributed by atoms with Gasteiger partial charge in [-0.2, -0.15) is 16.8 Å². The van der Waals surface area contributed by atoms with Gasteiger partial charge in [0.25, 0.3) is 36.8 Å². The molecule has 9 aromatic rings. The summed E-state index contributed by atoms with van der Waals surface area (Å²) < 4.78 is 220. The maximum Gasteiger partial charge on any atom is 0.375 e. The van der Waals surface area contributed by atoms with Gasteiger partial charge in [-0.25, -0.2) is 25.3 Å². The van der Waals surface area contributed by atoms with E-state index in [4.69, 9.17) is 71.7 Å². The van der Waals surface area contributed by atoms with Crippen molar-refractivity contribution >= 4 is 154 Å². The fraction of sp³-hybridized carbons (Fsp3) is 0.240. The minimum absolute atomic E-state index is 0.0553. The van der Waals surface area contributed by atoms with Gasteiger partial charge in [0.1, 0.15) is 16.7 Å². The molecule has 600 valence electrons. The molecular formula is C75H81Cl3N6O23S5. The first-order valence-electron chi connectivity index (χ1n) is 33.4. The summed E-state index contributed by atoms with van der Waals surface area (Å²) in [4.78, 5) is 4.88. The Morgan fingerprint density at radius 2 is 0.929 bits per heavy atom. The predicted octanol–water partition coefficient (Wildman–Crippen LogP) is 14.0. The molecule has 0 radical (unpaired) electrons. The highest BCUT2D eigenvalue weighted by Crippen LogP contribution is 2.44. The summed E-state index contributed by atoms with van der Waals surface area (Å²) in [5, 5.41) is -0.0640. The van der Waals surface area contributed by atoms with Crippen LogP contribution in [0.4, 0.5) is 17.1 Å². The number of hydrogen-bond acceptors (Lipinski definition) is 24. The van der Waals surface area contributed by atoms with E-state index in [-0.39, 0.29) is 30.1 Å². The molecule has 2 N–H and O–H groups in total. The molecule has 0 saturated heterocycles. The average molecular weight is 1700 g/mol. The standard InChI is InChI=1S/C24H25ClN2O8S2.C23H24N2O7S.C22H20Cl2N2O8S2.3C2H4/c1-4-17(11-24-27(14-36(28,29)30)20-12-18(25)6-8-22(20)35-24)10-23-26(13-16(3)37(31,32)33)19-9-15(2)5-7-21(19)34-23;1-5-24-18-12-16(29-3)6-8-20(18)31-22(24)10-15(2)11-23-25(14-33(26,27)28)19-13-17(30-4)7-9-21(19)32-23;1-3-14(7-21-25(11-35(27,28)29)17-9-15(23)4-5-19(17)33-21)8-22-26(12-36(30,31)32)18-10-16(24)13(2)6-20(18)34-22;3*1-2/h5-12,16H,4,13-14H2,1-3H3,(H-,28,29,30,31,32,33);6-13H,5,14H2,1-4H3;4-10H,3,11-12H2,1-2H3,(H-,27,28,29,30,31,32);3*1-2H2. The molecule has 0 amide bonds. The van der Waals surface area contributed by atoms with Crippen LogP contribution >= 0.6 is 34.8 Å². The smallest absolute Gasteiger partial charge is 0.375 e. The third-order valence-corrected chi connectivity index (χ3v) is 20.7. The maximum atomic E-state index is 11.7. The molecule has 3 aliphatic rings. The van der Waals surface area contributed by atoms with E-state index in [0.29, 0.717) is 131 Å². The number of nitrogens with zero attached hydrogens (tertiary/aromatic N) is 6. The number of aromatic nitrogens is 3. The maximum absolute atomic E-state index is 11.7. The van der Waals surface area contributed by atoms with Gasteiger partial charge < -0.3 is 60.4 Å². The lowest BCUT2D eigenvalue weighted by Gasteiger charge is -2.21. The topological polar surface area (TPSA) is 387 Å². The van der Waals surface area contributed by atoms with Crippen molar-refractivity contribution in [3.05, 3.63) is 239 Å². The first kappa shape index (κ1) is 89.4. The Bertz CT molecular complexity index is 5830. The molecule has 0 aliphatic carbocycles. The van der Waals surface area contributed by atoms with Crippen LogP contribution in [0.5, 0.6) is 28.7 Å². The molecule has 1 atom stereocenters. The van der Waals surface area contributed by atoms with E-state index in [0.717, 1.165) is 22.6 Å². The summed E-state index contributed by atoms with van der Waals surface area (Å²) in [7, 11) is -19.6. The van der Waals surface area contributed by atoms with Gasteiger partial charge in [0.05, 0.1) is 60.6 Å². The summed E-state index contributed by atoms with van der Waals surface area (Å²) in [6.07, 6.45) is 10.6. The second-order valence-electron chi connectivity index (χ2n) is 24.2. The van der Waals surface area contributed by atoms with Crippen molar-refractivity contribution in [2.75, 3.05) is 47.9 Å². The van der Waals surface area contributed by atoms with Crippen LogP contribution in [0, 0.1) is 13.8 Å². The highest BCUT2D eigenvalue weighted by atomic mass is 35.5. The average Bonchev–Trinajstić information content (AvgIpc) is 1.98. The van der Waals surface area contributed by atoms with Gasteiger partial charge in [-0.1, -0.05) is 54.7 Å². The minimum Gasteiger partial charge on any atom is -0.743 e. The molecule has 1 unspecified atom stereocenters. The number of anilines is 3. The zero-order valence-corrected chi connectivity index (χ0v) is 68.4. The second kappa shape index (κ2) is 37.7. The van der Waals surface area contributed by atoms with Crippen LogP contribution in [-0.4, -0.2) is 103 Å². The molecule has 29 nitrogen and oxygen atoms in total. The Morgan fingerprint density at radius 1 is 0.518 bits per heavy atom. The predicted molar refractivity (Wildman–Crippen MR) is 426 cm³/mol. The number of aryl methyl sites for hydroxylation is 2. The zero-order valence-electron chi connectivity index (χ0n) is 62.1. The normalized spacial score (nSPS) is 15.0. The molecular weight excluding hydrogens is 1620 g/mol. The fourth-order valence-corrected chi connectivity index (χ4v) is 14.4. The summed E-state index contributed by atoms with van der Waals surface area (Å²) in [5.41, 5.74) is 7.56. The molecule has 0 spiro atoms. The third kappa shape index (κ3) is 23.0. The molecule has 3 aliphatic heterocycles. The number of oxazole rings is 3. The van der Waals surface area contributed by atoms with Crippen molar-refractivity contribution in [2.45, 2.75) is 84.2 Å². The number of allylic oxidation sites excluding steroid dienone is 6. The van der Waals surface area contributed by atoms with Crippen LogP contribution in [0.25, 0.3) is 51.5 Å². The monoisotopic (exact) mass is 1700 g/mol. The molecule has 6 heterocycles. The zero-order chi connectivity index (χ0) is 83.3. The lowest BCUT2D eigenvalue weighted by Crippen LogP contribution is -2.39. The van der Waals surface area contributed by atoms with Crippen molar-refractivity contribution in [2.24, 2.45) is 0 Å². The van der Waals surface area contributed by atoms with Gasteiger partial charge in [0.2, 0.25) is 52.0 Å². The molecule has 112 heavy (non-hydrogen) atoms. The van der Waals surface area contributed by atoms with Gasteiger partial charge in [0.15, 0.2) is 53.5 Å². The van der Waals surface area contributed by atoms with Gasteiger partial charge >= 0.3 is 17.7 Å². The fourth-order valence-electron chi connectivity index (χ4n) is 11.2. The highest BCUT2D eigenvalue weighted by molar-refractivity contribution is 7.86. The van der Waals surface area contributed by atoms with Crippen molar-refractivity contribution in [3.63, 3.8) is 0 Å². The Kier molecular flexibility index (Phi) is 30.1.